The predicted octanol–water partition coefficient (Wildman–Crippen LogP) is 3.64. The van der Waals surface area contributed by atoms with Gasteiger partial charge in [0.2, 0.25) is 11.9 Å². The zero-order valence-electron chi connectivity index (χ0n) is 21.7. The second-order valence-corrected chi connectivity index (χ2v) is 8.37. The van der Waals surface area contributed by atoms with Crippen LogP contribution in [0.1, 0.15) is 45.4 Å². The number of esters is 1. The number of amides is 1. The molecule has 1 aromatic carbocycles. The molecule has 2 atom stereocenters. The monoisotopic (exact) mass is 535 g/mol. The highest BCUT2D eigenvalue weighted by molar-refractivity contribution is 6.15. The van der Waals surface area contributed by atoms with Crippen molar-refractivity contribution >= 4 is 40.6 Å². The Morgan fingerprint density at radius 3 is 2.54 bits per heavy atom. The van der Waals surface area contributed by atoms with Crippen LogP contribution in [-0.4, -0.2) is 57.6 Å². The Bertz CT molecular complexity index is 1200. The van der Waals surface area contributed by atoms with Crippen LogP contribution in [0.2, 0.25) is 0 Å². The molecule has 3 heterocycles. The summed E-state index contributed by atoms with van der Waals surface area (Å²) in [6.07, 6.45) is 4.28. The highest BCUT2D eigenvalue weighted by Crippen LogP contribution is 2.30. The first-order chi connectivity index (χ1) is 17.8. The standard InChI is InChI=1S/C21H25N5O4.C3H6O2.CH3Cl/c1-13(2)19(27)24-21-23-18-17(20(28)25-21)22-12-26(18)16-9-8-15(30-16)11-29-10-14-6-4-3-5-7-14;1-3(4)5-2;1-2/h3-7,12-13,15-16H,8-11H2,1-2H3,(H2,23,24,25,27,28);1-2H3;1H3. The molecule has 1 aliphatic rings. The molecule has 3 aromatic rings. The van der Waals surface area contributed by atoms with E-state index in [1.54, 1.807) is 24.7 Å². The van der Waals surface area contributed by atoms with Gasteiger partial charge in [-0.1, -0.05) is 44.2 Å². The van der Waals surface area contributed by atoms with Crippen molar-refractivity contribution in [3.8, 4) is 0 Å². The van der Waals surface area contributed by atoms with Crippen molar-refractivity contribution in [1.29, 1.82) is 0 Å². The summed E-state index contributed by atoms with van der Waals surface area (Å²) in [5.74, 6) is -0.597. The van der Waals surface area contributed by atoms with Crippen molar-refractivity contribution < 1.29 is 23.8 Å². The third-order valence-corrected chi connectivity index (χ3v) is 5.30. The summed E-state index contributed by atoms with van der Waals surface area (Å²) in [6, 6.07) is 9.99. The van der Waals surface area contributed by atoms with E-state index in [9.17, 15) is 14.4 Å². The van der Waals surface area contributed by atoms with Crippen LogP contribution in [0.4, 0.5) is 5.95 Å². The van der Waals surface area contributed by atoms with Crippen LogP contribution in [0.5, 0.6) is 0 Å². The molecule has 0 saturated carbocycles. The molecule has 2 N–H and O–H groups in total. The van der Waals surface area contributed by atoms with Gasteiger partial charge < -0.3 is 14.2 Å². The number of ether oxygens (including phenoxy) is 3. The van der Waals surface area contributed by atoms with Crippen molar-refractivity contribution in [2.75, 3.05) is 25.4 Å². The van der Waals surface area contributed by atoms with Crippen molar-refractivity contribution in [3.05, 3.63) is 52.6 Å². The number of alkyl halides is 1. The quantitative estimate of drug-likeness (QED) is 0.345. The average Bonchev–Trinajstić information content (AvgIpc) is 3.53. The van der Waals surface area contributed by atoms with Crippen LogP contribution in [0.25, 0.3) is 11.2 Å². The van der Waals surface area contributed by atoms with Crippen molar-refractivity contribution in [3.63, 3.8) is 0 Å². The minimum absolute atomic E-state index is 0.0433. The number of halogens is 1. The number of H-pyrrole nitrogens is 1. The molecule has 1 fully saturated rings. The number of nitrogens with one attached hydrogen (secondary N) is 2. The number of fused-ring (bicyclic) bond motifs is 1. The maximum Gasteiger partial charge on any atom is 0.302 e. The molecule has 12 heteroatoms. The number of hydrogen-bond acceptors (Lipinski definition) is 8. The number of benzene rings is 1. The minimum Gasteiger partial charge on any atom is -0.469 e. The molecular formula is C25H34ClN5O6. The number of aromatic amines is 1. The fraction of sp³-hybridized carbons (Fsp3) is 0.480. The first-order valence-electron chi connectivity index (χ1n) is 11.8. The topological polar surface area (TPSA) is 137 Å². The van der Waals surface area contributed by atoms with Gasteiger partial charge in [-0.15, -0.1) is 11.6 Å². The molecule has 1 aliphatic heterocycles. The number of hydrogen-bond donors (Lipinski definition) is 2. The molecule has 1 amide bonds. The van der Waals surface area contributed by atoms with E-state index in [2.05, 4.69) is 36.6 Å². The van der Waals surface area contributed by atoms with Crippen LogP contribution in [0.3, 0.4) is 0 Å². The largest absolute Gasteiger partial charge is 0.469 e. The number of nitrogens with zero attached hydrogens (tertiary/aromatic N) is 3. The summed E-state index contributed by atoms with van der Waals surface area (Å²) >= 11 is 4.64. The summed E-state index contributed by atoms with van der Waals surface area (Å²) in [6.45, 7) is 5.92. The van der Waals surface area contributed by atoms with E-state index in [0.717, 1.165) is 18.4 Å². The Balaban J connectivity index is 0.000000617. The second kappa shape index (κ2) is 15.1. The third kappa shape index (κ3) is 8.96. The first-order valence-corrected chi connectivity index (χ1v) is 12.5. The van der Waals surface area contributed by atoms with E-state index >= 15 is 0 Å². The fourth-order valence-electron chi connectivity index (χ4n) is 3.35. The van der Waals surface area contributed by atoms with E-state index < -0.39 is 5.56 Å². The Morgan fingerprint density at radius 2 is 1.92 bits per heavy atom. The summed E-state index contributed by atoms with van der Waals surface area (Å²) in [7, 11) is 1.35. The Hall–Kier alpha value is -3.28. The number of aromatic nitrogens is 4. The molecule has 202 valence electrons. The predicted molar refractivity (Wildman–Crippen MR) is 140 cm³/mol. The maximum atomic E-state index is 12.3. The third-order valence-electron chi connectivity index (χ3n) is 5.30. The lowest BCUT2D eigenvalue weighted by molar-refractivity contribution is -0.137. The molecule has 0 bridgehead atoms. The normalized spacial score (nSPS) is 16.4. The first kappa shape index (κ1) is 29.9. The number of anilines is 1. The van der Waals surface area contributed by atoms with Gasteiger partial charge in [0.05, 0.1) is 32.8 Å². The summed E-state index contributed by atoms with van der Waals surface area (Å²) in [4.78, 5) is 45.0. The van der Waals surface area contributed by atoms with Gasteiger partial charge in [0, 0.05) is 19.2 Å². The van der Waals surface area contributed by atoms with Gasteiger partial charge >= 0.3 is 5.97 Å². The number of imidazole rings is 1. The molecule has 4 rings (SSSR count). The molecule has 37 heavy (non-hydrogen) atoms. The Kier molecular flexibility index (Phi) is 12.2. The van der Waals surface area contributed by atoms with E-state index in [0.29, 0.717) is 18.9 Å². The van der Waals surface area contributed by atoms with Crippen LogP contribution in [0.15, 0.2) is 41.5 Å². The fourth-order valence-corrected chi connectivity index (χ4v) is 3.35. The van der Waals surface area contributed by atoms with Crippen LogP contribution >= 0.6 is 11.6 Å². The zero-order chi connectivity index (χ0) is 27.4. The molecular weight excluding hydrogens is 502 g/mol. The van der Waals surface area contributed by atoms with Gasteiger partial charge in [0.25, 0.3) is 5.56 Å². The van der Waals surface area contributed by atoms with Crippen LogP contribution in [-0.2, 0) is 30.4 Å². The van der Waals surface area contributed by atoms with Gasteiger partial charge in [-0.3, -0.25) is 29.3 Å². The van der Waals surface area contributed by atoms with E-state index in [1.165, 1.54) is 20.4 Å². The van der Waals surface area contributed by atoms with Crippen LogP contribution in [0, 0.1) is 5.92 Å². The maximum absolute atomic E-state index is 12.3. The number of carbonyl (C=O) groups is 2. The molecule has 2 unspecified atom stereocenters. The summed E-state index contributed by atoms with van der Waals surface area (Å²) < 4.78 is 17.8. The minimum atomic E-state index is -0.404. The lowest BCUT2D eigenvalue weighted by atomic mass is 10.2. The van der Waals surface area contributed by atoms with E-state index in [4.69, 9.17) is 9.47 Å². The average molecular weight is 536 g/mol. The molecule has 0 aliphatic carbocycles. The van der Waals surface area contributed by atoms with Crippen molar-refractivity contribution in [2.45, 2.75) is 52.6 Å². The van der Waals surface area contributed by atoms with Gasteiger partial charge in [0.1, 0.15) is 6.23 Å². The van der Waals surface area contributed by atoms with Gasteiger partial charge in [-0.25, -0.2) is 4.98 Å². The molecule has 11 nitrogen and oxygen atoms in total. The Labute approximate surface area is 220 Å². The van der Waals surface area contributed by atoms with Gasteiger partial charge in [-0.2, -0.15) is 4.98 Å². The SMILES string of the molecule is CC(C)C(=O)Nc1nc2c(ncn2C2CCC(COCc3ccccc3)O2)c(=O)[nH]1.CCl.COC(C)=O. The van der Waals surface area contributed by atoms with Crippen molar-refractivity contribution in [1.82, 2.24) is 19.5 Å². The molecule has 1 saturated heterocycles. The highest BCUT2D eigenvalue weighted by atomic mass is 35.5. The van der Waals surface area contributed by atoms with E-state index in [1.807, 2.05) is 30.3 Å². The summed E-state index contributed by atoms with van der Waals surface area (Å²) in [5, 5.41) is 2.63. The Morgan fingerprint density at radius 1 is 1.24 bits per heavy atom. The lowest BCUT2D eigenvalue weighted by Gasteiger charge is -2.16. The van der Waals surface area contributed by atoms with Gasteiger partial charge in [-0.05, 0) is 18.4 Å². The van der Waals surface area contributed by atoms with Crippen LogP contribution < -0.4 is 10.9 Å². The molecule has 0 spiro atoms. The smallest absolute Gasteiger partial charge is 0.302 e. The number of rotatable bonds is 7. The summed E-state index contributed by atoms with van der Waals surface area (Å²) in [5.41, 5.74) is 1.31. The second-order valence-electron chi connectivity index (χ2n) is 8.37. The highest BCUT2D eigenvalue weighted by Gasteiger charge is 2.28. The molecule has 0 radical (unpaired) electrons. The van der Waals surface area contributed by atoms with E-state index in [-0.39, 0.29) is 41.6 Å². The molecule has 2 aromatic heterocycles. The van der Waals surface area contributed by atoms with Crippen molar-refractivity contribution in [2.24, 2.45) is 5.92 Å². The lowest BCUT2D eigenvalue weighted by Crippen LogP contribution is -2.22. The van der Waals surface area contributed by atoms with Gasteiger partial charge in [0.15, 0.2) is 11.2 Å². The zero-order valence-corrected chi connectivity index (χ0v) is 22.4. The number of methoxy groups -OCH3 is 1. The number of carbonyl (C=O) groups excluding carboxylic acids is 2.